The molecule has 2 rings (SSSR count). The maximum atomic E-state index is 12.4. The molecule has 6 heteroatoms. The molecule has 0 spiro atoms. The van der Waals surface area contributed by atoms with Crippen LogP contribution in [0.2, 0.25) is 0 Å². The predicted octanol–water partition coefficient (Wildman–Crippen LogP) is 2.71. The second-order valence-electron chi connectivity index (χ2n) is 4.31. The lowest BCUT2D eigenvalue weighted by Gasteiger charge is -2.08. The number of sulfone groups is 1. The fourth-order valence-corrected chi connectivity index (χ4v) is 3.70. The van der Waals surface area contributed by atoms with Gasteiger partial charge in [0.1, 0.15) is 0 Å². The van der Waals surface area contributed by atoms with E-state index < -0.39 is 9.84 Å². The van der Waals surface area contributed by atoms with Gasteiger partial charge in [0.25, 0.3) is 0 Å². The average molecular weight is 341 g/mol. The number of hydrogen-bond donors (Lipinski definition) is 1. The molecule has 0 aliphatic heterocycles. The van der Waals surface area contributed by atoms with Crippen LogP contribution in [-0.2, 0) is 15.6 Å². The van der Waals surface area contributed by atoms with Crippen molar-refractivity contribution in [1.82, 2.24) is 4.98 Å². The summed E-state index contributed by atoms with van der Waals surface area (Å²) in [4.78, 5) is 4.13. The van der Waals surface area contributed by atoms with E-state index in [1.165, 1.54) is 6.20 Å². The van der Waals surface area contributed by atoms with Gasteiger partial charge in [-0.1, -0.05) is 6.07 Å². The first-order chi connectivity index (χ1) is 8.88. The Kier molecular flexibility index (Phi) is 3.91. The Hall–Kier alpha value is -1.40. The van der Waals surface area contributed by atoms with E-state index in [4.69, 9.17) is 5.73 Å². The quantitative estimate of drug-likeness (QED) is 0.872. The zero-order valence-electron chi connectivity index (χ0n) is 10.3. The average Bonchev–Trinajstić information content (AvgIpc) is 2.31. The molecule has 0 unspecified atom stereocenters. The minimum Gasteiger partial charge on any atom is -0.398 e. The molecule has 2 aromatic rings. The minimum absolute atomic E-state index is 0.118. The van der Waals surface area contributed by atoms with Crippen LogP contribution in [0.5, 0.6) is 0 Å². The highest BCUT2D eigenvalue weighted by molar-refractivity contribution is 9.10. The molecule has 0 aliphatic carbocycles. The second-order valence-corrected chi connectivity index (χ2v) is 7.19. The number of anilines is 1. The molecule has 19 heavy (non-hydrogen) atoms. The van der Waals surface area contributed by atoms with Crippen LogP contribution in [0.3, 0.4) is 0 Å². The highest BCUT2D eigenvalue weighted by Crippen LogP contribution is 2.24. The number of hydrogen-bond acceptors (Lipinski definition) is 4. The summed E-state index contributed by atoms with van der Waals surface area (Å²) in [7, 11) is -3.47. The summed E-state index contributed by atoms with van der Waals surface area (Å²) in [6.07, 6.45) is 3.14. The molecule has 0 fully saturated rings. The Bertz CT molecular complexity index is 714. The van der Waals surface area contributed by atoms with Crippen LogP contribution < -0.4 is 5.73 Å². The molecule has 0 saturated heterocycles. The number of benzene rings is 1. The molecule has 1 aromatic heterocycles. The van der Waals surface area contributed by atoms with E-state index in [9.17, 15) is 8.42 Å². The van der Waals surface area contributed by atoms with Gasteiger partial charge in [0.2, 0.25) is 0 Å². The standard InChI is InChI=1S/C13H13BrN2O2S/c1-9-2-3-12(15)13(4-9)19(17,18)8-10-5-11(14)7-16-6-10/h2-7H,8,15H2,1H3. The zero-order chi connectivity index (χ0) is 14.0. The van der Waals surface area contributed by atoms with Gasteiger partial charge >= 0.3 is 0 Å². The number of nitrogens with two attached hydrogens (primary N) is 1. The Morgan fingerprint density at radius 1 is 1.26 bits per heavy atom. The van der Waals surface area contributed by atoms with Gasteiger partial charge in [-0.3, -0.25) is 4.98 Å². The maximum Gasteiger partial charge on any atom is 0.184 e. The lowest BCUT2D eigenvalue weighted by molar-refractivity contribution is 0.595. The second kappa shape index (κ2) is 5.30. The molecule has 0 aliphatic rings. The Balaban J connectivity index is 2.40. The number of nitrogen functional groups attached to an aromatic ring is 1. The molecule has 100 valence electrons. The van der Waals surface area contributed by atoms with Crippen molar-refractivity contribution in [2.24, 2.45) is 0 Å². The summed E-state index contributed by atoms with van der Waals surface area (Å²) in [6, 6.07) is 6.73. The van der Waals surface area contributed by atoms with Crippen LogP contribution in [-0.4, -0.2) is 13.4 Å². The topological polar surface area (TPSA) is 73.1 Å². The van der Waals surface area contributed by atoms with Gasteiger partial charge in [-0.2, -0.15) is 0 Å². The van der Waals surface area contributed by atoms with Gasteiger partial charge in [-0.25, -0.2) is 8.42 Å². The number of pyridine rings is 1. The summed E-state index contributed by atoms with van der Waals surface area (Å²) in [5.41, 5.74) is 7.51. The van der Waals surface area contributed by atoms with Crippen LogP contribution in [0.1, 0.15) is 11.1 Å². The third-order valence-electron chi connectivity index (χ3n) is 2.62. The fourth-order valence-electron chi connectivity index (χ4n) is 1.74. The summed E-state index contributed by atoms with van der Waals surface area (Å²) < 4.78 is 25.5. The summed E-state index contributed by atoms with van der Waals surface area (Å²) in [5.74, 6) is -0.118. The van der Waals surface area contributed by atoms with Gasteiger partial charge in [0, 0.05) is 16.9 Å². The first-order valence-corrected chi connectivity index (χ1v) is 8.01. The number of aryl methyl sites for hydroxylation is 1. The van der Waals surface area contributed by atoms with Crippen LogP contribution in [0.15, 0.2) is 46.0 Å². The molecule has 1 heterocycles. The molecule has 0 atom stereocenters. The van der Waals surface area contributed by atoms with E-state index in [1.54, 1.807) is 30.5 Å². The lowest BCUT2D eigenvalue weighted by Crippen LogP contribution is -2.08. The first kappa shape index (κ1) is 14.0. The number of aromatic nitrogens is 1. The van der Waals surface area contributed by atoms with Crippen molar-refractivity contribution in [2.75, 3.05) is 5.73 Å². The predicted molar refractivity (Wildman–Crippen MR) is 78.4 cm³/mol. The summed E-state index contributed by atoms with van der Waals surface area (Å²) in [6.45, 7) is 1.83. The number of nitrogens with zero attached hydrogens (tertiary/aromatic N) is 1. The van der Waals surface area contributed by atoms with Crippen molar-refractivity contribution in [3.8, 4) is 0 Å². The van der Waals surface area contributed by atoms with E-state index in [0.29, 0.717) is 5.56 Å². The van der Waals surface area contributed by atoms with Gasteiger partial charge in [0.05, 0.1) is 16.3 Å². The van der Waals surface area contributed by atoms with Gasteiger partial charge in [-0.15, -0.1) is 0 Å². The Labute approximate surface area is 120 Å². The molecular formula is C13H13BrN2O2S. The van der Waals surface area contributed by atoms with Crippen LogP contribution in [0.25, 0.3) is 0 Å². The lowest BCUT2D eigenvalue weighted by atomic mass is 10.2. The van der Waals surface area contributed by atoms with E-state index in [0.717, 1.165) is 10.0 Å². The highest BCUT2D eigenvalue weighted by Gasteiger charge is 2.18. The molecule has 0 bridgehead atoms. The molecular weight excluding hydrogens is 328 g/mol. The number of halogens is 1. The van der Waals surface area contributed by atoms with Gasteiger partial charge < -0.3 is 5.73 Å². The van der Waals surface area contributed by atoms with E-state index in [1.807, 2.05) is 6.92 Å². The molecule has 1 aromatic carbocycles. The monoisotopic (exact) mass is 340 g/mol. The van der Waals surface area contributed by atoms with Gasteiger partial charge in [0.15, 0.2) is 9.84 Å². The molecule has 2 N–H and O–H groups in total. The molecule has 0 amide bonds. The van der Waals surface area contributed by atoms with Crippen molar-refractivity contribution >= 4 is 31.5 Å². The minimum atomic E-state index is -3.47. The smallest absolute Gasteiger partial charge is 0.184 e. The van der Waals surface area contributed by atoms with Crippen LogP contribution in [0.4, 0.5) is 5.69 Å². The maximum absolute atomic E-state index is 12.4. The normalized spacial score (nSPS) is 11.5. The van der Waals surface area contributed by atoms with Gasteiger partial charge in [-0.05, 0) is 52.2 Å². The summed E-state index contributed by atoms with van der Waals surface area (Å²) in [5, 5.41) is 0. The van der Waals surface area contributed by atoms with Crippen molar-refractivity contribution in [3.05, 3.63) is 52.3 Å². The van der Waals surface area contributed by atoms with Crippen molar-refractivity contribution in [3.63, 3.8) is 0 Å². The van der Waals surface area contributed by atoms with Crippen molar-refractivity contribution in [2.45, 2.75) is 17.6 Å². The number of rotatable bonds is 3. The SMILES string of the molecule is Cc1ccc(N)c(S(=O)(=O)Cc2cncc(Br)c2)c1. The Morgan fingerprint density at radius 2 is 2.00 bits per heavy atom. The van der Waals surface area contributed by atoms with E-state index in [2.05, 4.69) is 20.9 Å². The fraction of sp³-hybridized carbons (Fsp3) is 0.154. The van der Waals surface area contributed by atoms with Crippen LogP contribution in [0, 0.1) is 6.92 Å². The molecule has 4 nitrogen and oxygen atoms in total. The molecule has 0 radical (unpaired) electrons. The third-order valence-corrected chi connectivity index (χ3v) is 4.79. The van der Waals surface area contributed by atoms with Crippen molar-refractivity contribution < 1.29 is 8.42 Å². The largest absolute Gasteiger partial charge is 0.398 e. The zero-order valence-corrected chi connectivity index (χ0v) is 12.7. The van der Waals surface area contributed by atoms with Crippen molar-refractivity contribution in [1.29, 1.82) is 0 Å². The third kappa shape index (κ3) is 3.33. The Morgan fingerprint density at radius 3 is 2.68 bits per heavy atom. The highest BCUT2D eigenvalue weighted by atomic mass is 79.9. The molecule has 0 saturated carbocycles. The summed E-state index contributed by atoms with van der Waals surface area (Å²) >= 11 is 3.27. The first-order valence-electron chi connectivity index (χ1n) is 5.57. The van der Waals surface area contributed by atoms with E-state index >= 15 is 0 Å². The van der Waals surface area contributed by atoms with E-state index in [-0.39, 0.29) is 16.3 Å². The van der Waals surface area contributed by atoms with Crippen LogP contribution >= 0.6 is 15.9 Å².